The van der Waals surface area contributed by atoms with Crippen LogP contribution in [0.2, 0.25) is 5.02 Å². The van der Waals surface area contributed by atoms with Crippen LogP contribution in [0.25, 0.3) is 0 Å². The number of benzene rings is 1. The Labute approximate surface area is 104 Å². The van der Waals surface area contributed by atoms with Gasteiger partial charge >= 0.3 is 18.0 Å². The Morgan fingerprint density at radius 3 is 2.56 bits per heavy atom. The Kier molecular flexibility index (Phi) is 4.33. The third-order valence-electron chi connectivity index (χ3n) is 2.00. The van der Waals surface area contributed by atoms with Gasteiger partial charge in [-0.25, -0.2) is 8.78 Å². The molecular weight excluding hydrogens is 280 g/mol. The van der Waals surface area contributed by atoms with Crippen molar-refractivity contribution in [2.24, 2.45) is 0 Å². The fourth-order valence-electron chi connectivity index (χ4n) is 1.13. The zero-order valence-electron chi connectivity index (χ0n) is 8.67. The number of rotatable bonds is 5. The highest BCUT2D eigenvalue weighted by Crippen LogP contribution is 2.33. The van der Waals surface area contributed by atoms with Crippen LogP contribution in [0.5, 0.6) is 0 Å². The topological polar surface area (TPSA) is 55.2 Å². The normalized spacial score (nSPS) is 11.7. The molecule has 0 spiro atoms. The summed E-state index contributed by atoms with van der Waals surface area (Å²) in [5.41, 5.74) is -0.975. The van der Waals surface area contributed by atoms with Crippen LogP contribution in [0.1, 0.15) is 0 Å². The highest BCUT2D eigenvalue weighted by Gasteiger charge is 2.40. The summed E-state index contributed by atoms with van der Waals surface area (Å²) in [6.45, 7) is -1.42. The molecule has 18 heavy (non-hydrogen) atoms. The van der Waals surface area contributed by atoms with Gasteiger partial charge < -0.3 is 5.32 Å². The second-order valence-corrected chi connectivity index (χ2v) is 3.72. The zero-order chi connectivity index (χ0) is 13.9. The Hall–Kier alpha value is -1.57. The predicted octanol–water partition coefficient (Wildman–Crippen LogP) is 3.56. The summed E-state index contributed by atoms with van der Waals surface area (Å²) in [5, 5.41) is 12.3. The van der Waals surface area contributed by atoms with Crippen molar-refractivity contribution in [2.45, 2.75) is 12.3 Å². The van der Waals surface area contributed by atoms with Crippen LogP contribution in [0.15, 0.2) is 18.2 Å². The molecule has 0 saturated heterocycles. The van der Waals surface area contributed by atoms with Gasteiger partial charge in [0.1, 0.15) is 10.7 Å². The fourth-order valence-corrected chi connectivity index (χ4v) is 1.38. The monoisotopic (exact) mass is 286 g/mol. The molecule has 0 amide bonds. The van der Waals surface area contributed by atoms with E-state index in [2.05, 4.69) is 0 Å². The number of alkyl halides is 4. The molecule has 0 aliphatic carbocycles. The molecule has 0 heterocycles. The minimum absolute atomic E-state index is 0.273. The summed E-state index contributed by atoms with van der Waals surface area (Å²) in [6.07, 6.45) is -3.86. The van der Waals surface area contributed by atoms with Crippen molar-refractivity contribution in [3.05, 3.63) is 33.3 Å². The molecule has 4 nitrogen and oxygen atoms in total. The number of para-hydroxylation sites is 1. The first-order valence-electron chi connectivity index (χ1n) is 4.58. The molecule has 0 saturated carbocycles. The average Bonchev–Trinajstić information content (AvgIpc) is 2.25. The summed E-state index contributed by atoms with van der Waals surface area (Å²) in [5.74, 6) is -4.28. The number of hydrogen-bond acceptors (Lipinski definition) is 3. The lowest BCUT2D eigenvalue weighted by atomic mass is 10.2. The van der Waals surface area contributed by atoms with Crippen LogP contribution in [0.4, 0.5) is 28.9 Å². The first kappa shape index (κ1) is 14.5. The largest absolute Gasteiger partial charge is 0.373 e. The van der Waals surface area contributed by atoms with Crippen LogP contribution in [-0.2, 0) is 0 Å². The number of nitrogens with one attached hydrogen (secondary N) is 1. The number of nitro groups is 1. The van der Waals surface area contributed by atoms with E-state index >= 15 is 0 Å². The van der Waals surface area contributed by atoms with Crippen molar-refractivity contribution in [2.75, 3.05) is 11.9 Å². The summed E-state index contributed by atoms with van der Waals surface area (Å²) < 4.78 is 49.1. The van der Waals surface area contributed by atoms with Gasteiger partial charge in [-0.15, -0.1) is 0 Å². The molecule has 0 unspecified atom stereocenters. The van der Waals surface area contributed by atoms with Gasteiger partial charge in [0.05, 0.1) is 11.5 Å². The van der Waals surface area contributed by atoms with Gasteiger partial charge in [0, 0.05) is 0 Å². The van der Waals surface area contributed by atoms with Crippen molar-refractivity contribution in [3.63, 3.8) is 0 Å². The van der Waals surface area contributed by atoms with Gasteiger partial charge in [0.15, 0.2) is 0 Å². The number of nitro benzene ring substituents is 1. The quantitative estimate of drug-likeness (QED) is 0.511. The number of anilines is 1. The maximum Gasteiger partial charge on any atom is 0.324 e. The Bertz CT molecular complexity index is 456. The highest BCUT2D eigenvalue weighted by molar-refractivity contribution is 6.33. The van der Waals surface area contributed by atoms with Gasteiger partial charge in [-0.05, 0) is 12.1 Å². The molecule has 1 rings (SSSR count). The van der Waals surface area contributed by atoms with Crippen LogP contribution in [0, 0.1) is 10.1 Å². The second kappa shape index (κ2) is 5.38. The van der Waals surface area contributed by atoms with Gasteiger partial charge in [-0.3, -0.25) is 10.1 Å². The van der Waals surface area contributed by atoms with E-state index in [4.69, 9.17) is 11.6 Å². The smallest absolute Gasteiger partial charge is 0.324 e. The minimum Gasteiger partial charge on any atom is -0.373 e. The lowest BCUT2D eigenvalue weighted by molar-refractivity contribution is -0.383. The molecule has 0 bridgehead atoms. The molecule has 0 aliphatic rings. The van der Waals surface area contributed by atoms with Crippen LogP contribution >= 0.6 is 11.6 Å². The molecule has 0 fully saturated rings. The van der Waals surface area contributed by atoms with Crippen LogP contribution in [0.3, 0.4) is 0 Å². The summed E-state index contributed by atoms with van der Waals surface area (Å²) >= 11 is 5.52. The lowest BCUT2D eigenvalue weighted by Gasteiger charge is -2.16. The first-order valence-corrected chi connectivity index (χ1v) is 4.96. The van der Waals surface area contributed by atoms with Crippen molar-refractivity contribution < 1.29 is 22.5 Å². The van der Waals surface area contributed by atoms with E-state index in [9.17, 15) is 27.7 Å². The number of hydrogen-bond donors (Lipinski definition) is 1. The standard InChI is InChI=1S/C9H7ClF4N2O2/c10-5-2-1-3-6(7(5)16(17)18)15-4-9(13,14)8(11)12/h1-3,8,15H,4H2. The Morgan fingerprint density at radius 2 is 2.06 bits per heavy atom. The van der Waals surface area contributed by atoms with E-state index in [-0.39, 0.29) is 10.7 Å². The van der Waals surface area contributed by atoms with E-state index in [1.807, 2.05) is 5.32 Å². The molecule has 0 radical (unpaired) electrons. The van der Waals surface area contributed by atoms with Crippen molar-refractivity contribution >= 4 is 23.0 Å². The van der Waals surface area contributed by atoms with Crippen LogP contribution in [-0.4, -0.2) is 23.8 Å². The SMILES string of the molecule is O=[N+]([O-])c1c(Cl)cccc1NCC(F)(F)C(F)F. The van der Waals surface area contributed by atoms with Crippen molar-refractivity contribution in [3.8, 4) is 0 Å². The number of halogens is 5. The molecule has 0 aliphatic heterocycles. The van der Waals surface area contributed by atoms with E-state index in [0.29, 0.717) is 0 Å². The van der Waals surface area contributed by atoms with Gasteiger partial charge in [0.25, 0.3) is 0 Å². The molecule has 100 valence electrons. The highest BCUT2D eigenvalue weighted by atomic mass is 35.5. The molecular formula is C9H7ClF4N2O2. The zero-order valence-corrected chi connectivity index (χ0v) is 9.43. The Balaban J connectivity index is 2.92. The number of nitrogens with zero attached hydrogens (tertiary/aromatic N) is 1. The maximum atomic E-state index is 12.7. The first-order chi connectivity index (χ1) is 8.25. The second-order valence-electron chi connectivity index (χ2n) is 3.31. The summed E-state index contributed by atoms with van der Waals surface area (Å²) in [7, 11) is 0. The maximum absolute atomic E-state index is 12.7. The van der Waals surface area contributed by atoms with E-state index in [0.717, 1.165) is 6.07 Å². The fraction of sp³-hybridized carbons (Fsp3) is 0.333. The molecule has 1 aromatic carbocycles. The van der Waals surface area contributed by atoms with E-state index in [1.54, 1.807) is 0 Å². The van der Waals surface area contributed by atoms with Gasteiger partial charge in [-0.2, -0.15) is 8.78 Å². The molecule has 1 aromatic rings. The Morgan fingerprint density at radius 1 is 1.44 bits per heavy atom. The minimum atomic E-state index is -4.28. The molecule has 0 aromatic heterocycles. The lowest BCUT2D eigenvalue weighted by Crippen LogP contribution is -2.34. The third kappa shape index (κ3) is 3.22. The summed E-state index contributed by atoms with van der Waals surface area (Å²) in [4.78, 5) is 9.76. The molecule has 1 N–H and O–H groups in total. The molecule has 9 heteroatoms. The van der Waals surface area contributed by atoms with E-state index < -0.39 is 29.5 Å². The van der Waals surface area contributed by atoms with Crippen molar-refractivity contribution in [1.82, 2.24) is 0 Å². The van der Waals surface area contributed by atoms with Crippen LogP contribution < -0.4 is 5.32 Å². The summed E-state index contributed by atoms with van der Waals surface area (Å²) in [6, 6.07) is 3.57. The third-order valence-corrected chi connectivity index (χ3v) is 2.31. The predicted molar refractivity (Wildman–Crippen MR) is 57.5 cm³/mol. The van der Waals surface area contributed by atoms with Crippen molar-refractivity contribution in [1.29, 1.82) is 0 Å². The van der Waals surface area contributed by atoms with Gasteiger partial charge in [0.2, 0.25) is 0 Å². The average molecular weight is 287 g/mol. The van der Waals surface area contributed by atoms with Gasteiger partial charge in [-0.1, -0.05) is 17.7 Å². The van der Waals surface area contributed by atoms with E-state index in [1.165, 1.54) is 12.1 Å². The molecule has 0 atom stereocenters.